The van der Waals surface area contributed by atoms with Crippen molar-refractivity contribution in [3.05, 3.63) is 0 Å². The molecule has 250 valence electrons. The summed E-state index contributed by atoms with van der Waals surface area (Å²) < 4.78 is 38.5. The van der Waals surface area contributed by atoms with Gasteiger partial charge in [0.1, 0.15) is 18.5 Å². The molecule has 0 aromatic carbocycles. The number of rotatable bonds is 0. The monoisotopic (exact) mass is 589 g/mol. The van der Waals surface area contributed by atoms with Crippen LogP contribution in [0.2, 0.25) is 0 Å². The number of halogens is 3. The zero-order valence-electron chi connectivity index (χ0n) is 26.2. The van der Waals surface area contributed by atoms with E-state index in [2.05, 4.69) is 34.6 Å². The highest BCUT2D eigenvalue weighted by Crippen LogP contribution is 2.33. The summed E-state index contributed by atoms with van der Waals surface area (Å²) in [5.41, 5.74) is 0. The molecule has 5 atom stereocenters. The van der Waals surface area contributed by atoms with Gasteiger partial charge in [0.05, 0.1) is 0 Å². The molecule has 5 unspecified atom stereocenters. The molecule has 0 bridgehead atoms. The lowest BCUT2D eigenvalue weighted by atomic mass is 9.81. The van der Waals surface area contributed by atoms with E-state index < -0.39 is 18.5 Å². The van der Waals surface area contributed by atoms with Crippen LogP contribution in [0.15, 0.2) is 0 Å². The van der Waals surface area contributed by atoms with E-state index in [1.807, 2.05) is 13.8 Å². The molecule has 40 heavy (non-hydrogen) atoms. The summed E-state index contributed by atoms with van der Waals surface area (Å²) in [5.74, 6) is 4.87. The quantitative estimate of drug-likeness (QED) is 0.269. The Hall–Kier alpha value is -0.330. The third-order valence-corrected chi connectivity index (χ3v) is 9.36. The lowest BCUT2D eigenvalue weighted by molar-refractivity contribution is 0.0603. The predicted octanol–water partition coefficient (Wildman–Crippen LogP) is 9.97. The van der Waals surface area contributed by atoms with E-state index in [0.29, 0.717) is 24.7 Å². The fourth-order valence-corrected chi connectivity index (χ4v) is 5.84. The van der Waals surface area contributed by atoms with E-state index in [1.165, 1.54) is 57.8 Å². The van der Waals surface area contributed by atoms with Gasteiger partial charge >= 0.3 is 0 Å². The van der Waals surface area contributed by atoms with Gasteiger partial charge in [-0.25, -0.2) is 13.2 Å². The minimum absolute atomic E-state index is 0. The minimum atomic E-state index is -0.918. The molecule has 4 aliphatic rings. The zero-order chi connectivity index (χ0) is 26.5. The van der Waals surface area contributed by atoms with Crippen molar-refractivity contribution in [3.8, 4) is 0 Å². The topological polar surface area (TPSA) is 94.5 Å². The Balaban J connectivity index is -0.000000131. The van der Waals surface area contributed by atoms with Crippen LogP contribution >= 0.6 is 0 Å². The van der Waals surface area contributed by atoms with Crippen LogP contribution in [0.3, 0.4) is 0 Å². The maximum Gasteiger partial charge on any atom is 0.106 e. The molecule has 4 saturated carbocycles. The summed E-state index contributed by atoms with van der Waals surface area (Å²) in [6, 6.07) is 0. The lowest BCUT2D eigenvalue weighted by Crippen LogP contribution is -2.32. The maximum atomic E-state index is 12.8. The van der Waals surface area contributed by atoms with Gasteiger partial charge in [0, 0.05) is 5.92 Å². The second kappa shape index (κ2) is 26.3. The molecule has 0 spiro atoms. The Morgan fingerprint density at radius 2 is 0.600 bits per heavy atom. The van der Waals surface area contributed by atoms with E-state index in [-0.39, 0.29) is 43.1 Å². The van der Waals surface area contributed by atoms with Crippen molar-refractivity contribution in [1.82, 2.24) is 0 Å². The van der Waals surface area contributed by atoms with Gasteiger partial charge in [-0.05, 0) is 67.1 Å². The molecular weight excluding hydrogens is 513 g/mol. The Kier molecular flexibility index (Phi) is 32.5. The summed E-state index contributed by atoms with van der Waals surface area (Å²) in [5, 5.41) is 0. The average molecular weight is 589 g/mol. The van der Waals surface area contributed by atoms with E-state index in [4.69, 9.17) is 0 Å². The molecule has 0 aromatic rings. The molecule has 0 amide bonds. The first kappa shape index (κ1) is 49.4. The van der Waals surface area contributed by atoms with Gasteiger partial charge in [-0.1, -0.05) is 128 Å². The second-order valence-corrected chi connectivity index (χ2v) is 13.6. The van der Waals surface area contributed by atoms with Crippen LogP contribution in [-0.4, -0.2) is 34.9 Å². The zero-order valence-corrected chi connectivity index (χ0v) is 26.2. The van der Waals surface area contributed by atoms with Crippen LogP contribution in [0, 0.1) is 47.3 Å². The summed E-state index contributed by atoms with van der Waals surface area (Å²) >= 11 is 0. The van der Waals surface area contributed by atoms with Crippen molar-refractivity contribution in [2.45, 2.75) is 172 Å². The van der Waals surface area contributed by atoms with Gasteiger partial charge in [0.2, 0.25) is 0 Å². The van der Waals surface area contributed by atoms with Crippen molar-refractivity contribution in [2.24, 2.45) is 47.3 Å². The fraction of sp³-hybridized carbons (Fsp3) is 1.00. The molecule has 6 heteroatoms. The summed E-state index contributed by atoms with van der Waals surface area (Å²) in [6.07, 6.45) is 13.6. The standard InChI is InChI=1S/C8H14F2.C8H15F.2C8H16.2CH4.3H2O/c1-5-3-7(9)6(2)8(10)4-5;1-6-3-4-7(2)8(9)5-6;2*1-7-3-5-8(2)6-4-7;;;;;/h5-8H,3-4H2,1-2H3;6-8H,3-5H2,1-2H3;2*7-8H,3-6H2,1-2H3;2*1H4;3*1H2. The molecule has 0 aliphatic heterocycles. The largest absolute Gasteiger partial charge is 0.412 e. The smallest absolute Gasteiger partial charge is 0.106 e. The number of hydrogen-bond donors (Lipinski definition) is 0. The number of hydrogen-bond acceptors (Lipinski definition) is 0. The SMILES string of the molecule is C.C.CC1CC(F)C(C)C(F)C1.CC1CCC(C)C(F)C1.CC1CCC(C)CC1.CC1CCC(C)CC1.O.O.O. The van der Waals surface area contributed by atoms with Crippen LogP contribution in [0.5, 0.6) is 0 Å². The van der Waals surface area contributed by atoms with Crippen LogP contribution in [-0.2, 0) is 0 Å². The van der Waals surface area contributed by atoms with E-state index >= 15 is 0 Å². The first-order chi connectivity index (χ1) is 16.4. The van der Waals surface area contributed by atoms with Gasteiger partial charge in [0.15, 0.2) is 0 Å². The molecule has 4 fully saturated rings. The molecule has 6 N–H and O–H groups in total. The van der Waals surface area contributed by atoms with Gasteiger partial charge in [-0.2, -0.15) is 0 Å². The Morgan fingerprint density at radius 3 is 0.850 bits per heavy atom. The van der Waals surface area contributed by atoms with Crippen LogP contribution in [0.25, 0.3) is 0 Å². The van der Waals surface area contributed by atoms with E-state index in [0.717, 1.165) is 36.5 Å². The predicted molar refractivity (Wildman–Crippen MR) is 172 cm³/mol. The lowest BCUT2D eigenvalue weighted by Gasteiger charge is -2.30. The molecular formula is C34H75F3O3. The molecule has 0 radical (unpaired) electrons. The second-order valence-electron chi connectivity index (χ2n) is 13.6. The highest BCUT2D eigenvalue weighted by molar-refractivity contribution is 4.82. The van der Waals surface area contributed by atoms with Crippen LogP contribution in [0.4, 0.5) is 13.2 Å². The van der Waals surface area contributed by atoms with Gasteiger partial charge in [-0.15, -0.1) is 0 Å². The Morgan fingerprint density at radius 1 is 0.350 bits per heavy atom. The molecule has 3 nitrogen and oxygen atoms in total. The van der Waals surface area contributed by atoms with Crippen molar-refractivity contribution in [1.29, 1.82) is 0 Å². The Labute approximate surface area is 249 Å². The minimum Gasteiger partial charge on any atom is -0.412 e. The van der Waals surface area contributed by atoms with Crippen molar-refractivity contribution in [3.63, 3.8) is 0 Å². The third kappa shape index (κ3) is 21.4. The Bertz CT molecular complexity index is 471. The highest BCUT2D eigenvalue weighted by atomic mass is 19.1. The first-order valence-corrected chi connectivity index (χ1v) is 15.3. The van der Waals surface area contributed by atoms with Crippen molar-refractivity contribution in [2.75, 3.05) is 0 Å². The average Bonchev–Trinajstić information content (AvgIpc) is 2.80. The number of alkyl halides is 3. The van der Waals surface area contributed by atoms with Crippen LogP contribution < -0.4 is 0 Å². The molecule has 0 saturated heterocycles. The third-order valence-electron chi connectivity index (χ3n) is 9.36. The van der Waals surface area contributed by atoms with Crippen molar-refractivity contribution >= 4 is 0 Å². The fourth-order valence-electron chi connectivity index (χ4n) is 5.84. The first-order valence-electron chi connectivity index (χ1n) is 15.3. The maximum absolute atomic E-state index is 12.8. The normalized spacial score (nSPS) is 38.3. The molecule has 0 heterocycles. The molecule has 0 aromatic heterocycles. The van der Waals surface area contributed by atoms with Crippen LogP contribution in [0.1, 0.15) is 154 Å². The van der Waals surface area contributed by atoms with Gasteiger partial charge < -0.3 is 16.4 Å². The molecule has 4 aliphatic carbocycles. The van der Waals surface area contributed by atoms with Crippen molar-refractivity contribution < 1.29 is 29.6 Å². The summed E-state index contributed by atoms with van der Waals surface area (Å²) in [7, 11) is 0. The highest BCUT2D eigenvalue weighted by Gasteiger charge is 2.33. The van der Waals surface area contributed by atoms with Gasteiger partial charge in [0.25, 0.3) is 0 Å². The van der Waals surface area contributed by atoms with E-state index in [1.54, 1.807) is 6.92 Å². The van der Waals surface area contributed by atoms with E-state index in [9.17, 15) is 13.2 Å². The molecule has 4 rings (SSSR count). The summed E-state index contributed by atoms with van der Waals surface area (Å²) in [4.78, 5) is 0. The van der Waals surface area contributed by atoms with Gasteiger partial charge in [-0.3, -0.25) is 0 Å². The summed E-state index contributed by atoms with van der Waals surface area (Å²) in [6.45, 7) is 17.2.